The number of hydroxylamine groups is 1. The molecule has 2 aromatic carbocycles. The molecule has 0 radical (unpaired) electrons. The van der Waals surface area contributed by atoms with Crippen molar-refractivity contribution in [2.45, 2.75) is 13.2 Å². The molecular weight excluding hydrogens is 348 g/mol. The lowest BCUT2D eigenvalue weighted by atomic mass is 10.1. The Hall–Kier alpha value is -3.65. The zero-order valence-corrected chi connectivity index (χ0v) is 14.2. The predicted molar refractivity (Wildman–Crippen MR) is 95.6 cm³/mol. The molecule has 8 heteroatoms. The van der Waals surface area contributed by atoms with E-state index in [1.807, 2.05) is 36.5 Å². The van der Waals surface area contributed by atoms with Gasteiger partial charge in [-0.2, -0.15) is 5.10 Å². The Morgan fingerprint density at radius 1 is 1.22 bits per heavy atom. The van der Waals surface area contributed by atoms with Crippen LogP contribution in [0.15, 0.2) is 60.9 Å². The first-order valence-corrected chi connectivity index (χ1v) is 8.26. The lowest BCUT2D eigenvalue weighted by Gasteiger charge is -2.29. The smallest absolute Gasteiger partial charge is 0.414 e. The van der Waals surface area contributed by atoms with Gasteiger partial charge in [0.05, 0.1) is 17.9 Å². The van der Waals surface area contributed by atoms with Crippen molar-refractivity contribution in [2.75, 3.05) is 4.90 Å². The van der Waals surface area contributed by atoms with E-state index in [0.717, 1.165) is 16.8 Å². The van der Waals surface area contributed by atoms with E-state index in [0.29, 0.717) is 5.69 Å². The van der Waals surface area contributed by atoms with E-state index >= 15 is 0 Å². The third-order valence-electron chi connectivity index (χ3n) is 4.36. The Morgan fingerprint density at radius 3 is 2.74 bits per heavy atom. The Labute approximate surface area is 154 Å². The van der Waals surface area contributed by atoms with Crippen LogP contribution in [0.25, 0.3) is 5.69 Å². The number of nitrogens with zero attached hydrogens (tertiary/aromatic N) is 3. The van der Waals surface area contributed by atoms with Crippen LogP contribution in [-0.4, -0.2) is 27.0 Å². The van der Waals surface area contributed by atoms with Crippen molar-refractivity contribution in [2.24, 2.45) is 0 Å². The van der Waals surface area contributed by atoms with Crippen molar-refractivity contribution in [3.63, 3.8) is 0 Å². The van der Waals surface area contributed by atoms with Crippen molar-refractivity contribution < 1.29 is 19.5 Å². The second-order valence-corrected chi connectivity index (χ2v) is 6.04. The van der Waals surface area contributed by atoms with Gasteiger partial charge >= 0.3 is 6.09 Å². The summed E-state index contributed by atoms with van der Waals surface area (Å²) >= 11 is 0. The van der Waals surface area contributed by atoms with Gasteiger partial charge in [0.2, 0.25) is 0 Å². The van der Waals surface area contributed by atoms with Gasteiger partial charge in [0.25, 0.3) is 5.91 Å². The van der Waals surface area contributed by atoms with Crippen LogP contribution in [0.3, 0.4) is 0 Å². The number of carbonyl (C=O) groups is 2. The number of hydrogen-bond acceptors (Lipinski definition) is 5. The summed E-state index contributed by atoms with van der Waals surface area (Å²) in [6.45, 7) is 0.430. The second-order valence-electron chi connectivity index (χ2n) is 6.04. The molecule has 4 rings (SSSR count). The number of ether oxygens (including phenoxy) is 1. The summed E-state index contributed by atoms with van der Waals surface area (Å²) in [5, 5.41) is 13.0. The van der Waals surface area contributed by atoms with Gasteiger partial charge in [-0.15, -0.1) is 0 Å². The molecule has 136 valence electrons. The lowest BCUT2D eigenvalue weighted by molar-refractivity contribution is 0.0706. The molecule has 2 heterocycles. The molecule has 0 spiro atoms. The molecule has 0 aliphatic carbocycles. The molecule has 0 fully saturated rings. The summed E-state index contributed by atoms with van der Waals surface area (Å²) in [6.07, 6.45) is 3.07. The van der Waals surface area contributed by atoms with E-state index < -0.39 is 12.0 Å². The first kappa shape index (κ1) is 16.8. The number of fused-ring (bicyclic) bond motifs is 1. The van der Waals surface area contributed by atoms with Gasteiger partial charge in [-0.1, -0.05) is 18.2 Å². The maximum absolute atomic E-state index is 12.3. The third kappa shape index (κ3) is 3.25. The number of anilines is 1. The molecule has 2 N–H and O–H groups in total. The molecule has 0 saturated heterocycles. The van der Waals surface area contributed by atoms with Crippen LogP contribution in [0.5, 0.6) is 0 Å². The normalized spacial score (nSPS) is 13.1. The lowest BCUT2D eigenvalue weighted by Crippen LogP contribution is -2.35. The van der Waals surface area contributed by atoms with Crippen LogP contribution in [0.1, 0.15) is 21.5 Å². The highest BCUT2D eigenvalue weighted by Crippen LogP contribution is 2.30. The van der Waals surface area contributed by atoms with Crippen LogP contribution < -0.4 is 10.4 Å². The highest BCUT2D eigenvalue weighted by molar-refractivity contribution is 5.97. The zero-order chi connectivity index (χ0) is 18.8. The van der Waals surface area contributed by atoms with Crippen LogP contribution >= 0.6 is 0 Å². The highest BCUT2D eigenvalue weighted by atomic mass is 16.6. The van der Waals surface area contributed by atoms with Crippen molar-refractivity contribution >= 4 is 17.7 Å². The topological polar surface area (TPSA) is 96.7 Å². The molecule has 0 bridgehead atoms. The van der Waals surface area contributed by atoms with Crippen molar-refractivity contribution in [3.05, 3.63) is 77.6 Å². The molecule has 3 aromatic rings. The minimum Gasteiger partial charge on any atom is -0.444 e. The number of benzene rings is 2. The van der Waals surface area contributed by atoms with Gasteiger partial charge in [0, 0.05) is 23.5 Å². The predicted octanol–water partition coefficient (Wildman–Crippen LogP) is 2.65. The number of cyclic esters (lactones) is 1. The Kier molecular flexibility index (Phi) is 4.31. The fourth-order valence-electron chi connectivity index (χ4n) is 2.97. The van der Waals surface area contributed by atoms with Gasteiger partial charge < -0.3 is 4.74 Å². The molecule has 8 nitrogen and oxygen atoms in total. The highest BCUT2D eigenvalue weighted by Gasteiger charge is 2.26. The maximum atomic E-state index is 12.3. The molecule has 27 heavy (non-hydrogen) atoms. The van der Waals surface area contributed by atoms with Crippen LogP contribution in [0, 0.1) is 0 Å². The Balaban J connectivity index is 1.62. The Bertz CT molecular complexity index is 983. The fraction of sp³-hybridized carbons (Fsp3) is 0.105. The summed E-state index contributed by atoms with van der Waals surface area (Å²) in [7, 11) is 0. The van der Waals surface area contributed by atoms with Gasteiger partial charge in [0.1, 0.15) is 6.61 Å². The first-order valence-electron chi connectivity index (χ1n) is 8.26. The summed E-state index contributed by atoms with van der Waals surface area (Å²) in [5.74, 6) is -0.639. The molecular formula is C19H16N4O4. The molecule has 1 aliphatic rings. The van der Waals surface area contributed by atoms with Crippen molar-refractivity contribution in [1.29, 1.82) is 0 Å². The van der Waals surface area contributed by atoms with Gasteiger partial charge in [-0.25, -0.2) is 15.0 Å². The molecule has 1 aromatic heterocycles. The summed E-state index contributed by atoms with van der Waals surface area (Å²) < 4.78 is 6.97. The second kappa shape index (κ2) is 6.93. The van der Waals surface area contributed by atoms with E-state index in [-0.39, 0.29) is 18.7 Å². The Morgan fingerprint density at radius 2 is 2.04 bits per heavy atom. The molecule has 0 atom stereocenters. The first-order chi connectivity index (χ1) is 13.2. The number of amides is 2. The number of hydrogen-bond donors (Lipinski definition) is 2. The summed E-state index contributed by atoms with van der Waals surface area (Å²) in [4.78, 5) is 25.5. The SMILES string of the molecule is O=C(NO)c1ccc2c(c1)N(Cc1ccc(-n3cccn3)cc1)C(=O)OC2. The average Bonchev–Trinajstić information content (AvgIpc) is 3.24. The minimum absolute atomic E-state index is 0.143. The van der Waals surface area contributed by atoms with E-state index in [1.165, 1.54) is 4.90 Å². The van der Waals surface area contributed by atoms with Gasteiger partial charge in [-0.3, -0.25) is 14.9 Å². The van der Waals surface area contributed by atoms with Crippen LogP contribution in [0.2, 0.25) is 0 Å². The average molecular weight is 364 g/mol. The zero-order valence-electron chi connectivity index (χ0n) is 14.2. The number of carbonyl (C=O) groups excluding carboxylic acids is 2. The summed E-state index contributed by atoms with van der Waals surface area (Å²) in [6, 6.07) is 14.3. The van der Waals surface area contributed by atoms with E-state index in [2.05, 4.69) is 5.10 Å². The molecule has 0 unspecified atom stereocenters. The van der Waals surface area contributed by atoms with Crippen LogP contribution in [0.4, 0.5) is 10.5 Å². The standard InChI is InChI=1S/C19H16N4O4/c24-18(21-26)14-4-5-15-12-27-19(25)22(17(15)10-14)11-13-2-6-16(7-3-13)23-9-1-8-20-23/h1-10,26H,11-12H2,(H,21,24). The van der Waals surface area contributed by atoms with E-state index in [4.69, 9.17) is 9.94 Å². The fourth-order valence-corrected chi connectivity index (χ4v) is 2.97. The van der Waals surface area contributed by atoms with Crippen molar-refractivity contribution in [1.82, 2.24) is 15.3 Å². The number of aromatic nitrogens is 2. The third-order valence-corrected chi connectivity index (χ3v) is 4.36. The number of nitrogens with one attached hydrogen (secondary N) is 1. The number of rotatable bonds is 4. The van der Waals surface area contributed by atoms with Gasteiger partial charge in [-0.05, 0) is 35.9 Å². The van der Waals surface area contributed by atoms with E-state index in [9.17, 15) is 9.59 Å². The van der Waals surface area contributed by atoms with Crippen LogP contribution in [-0.2, 0) is 17.9 Å². The quantitative estimate of drug-likeness (QED) is 0.548. The summed E-state index contributed by atoms with van der Waals surface area (Å²) in [5.41, 5.74) is 5.04. The van der Waals surface area contributed by atoms with E-state index in [1.54, 1.807) is 34.6 Å². The van der Waals surface area contributed by atoms with Gasteiger partial charge in [0.15, 0.2) is 0 Å². The molecule has 1 aliphatic heterocycles. The maximum Gasteiger partial charge on any atom is 0.414 e. The minimum atomic E-state index is -0.639. The molecule has 0 saturated carbocycles. The monoisotopic (exact) mass is 364 g/mol. The largest absolute Gasteiger partial charge is 0.444 e. The molecule has 2 amide bonds. The van der Waals surface area contributed by atoms with Crippen molar-refractivity contribution in [3.8, 4) is 5.69 Å².